The van der Waals surface area contributed by atoms with Crippen LogP contribution in [0.1, 0.15) is 48.2 Å². The fourth-order valence-electron chi connectivity index (χ4n) is 4.73. The molecule has 0 amide bonds. The molecule has 152 valence electrons. The third kappa shape index (κ3) is 3.28. The van der Waals surface area contributed by atoms with Gasteiger partial charge in [0.25, 0.3) is 0 Å². The number of hydrogen-bond acceptors (Lipinski definition) is 4. The van der Waals surface area contributed by atoms with Gasteiger partial charge < -0.3 is 14.5 Å². The summed E-state index contributed by atoms with van der Waals surface area (Å²) < 4.78 is 11.3. The van der Waals surface area contributed by atoms with Gasteiger partial charge in [0.2, 0.25) is 0 Å². The van der Waals surface area contributed by atoms with Crippen molar-refractivity contribution in [3.8, 4) is 5.75 Å². The van der Waals surface area contributed by atoms with Crippen LogP contribution in [0.15, 0.2) is 48.5 Å². The SMILES string of the molecule is COc1ccc2[nH]c3c(c2c1)C1CCN(C1)C3C(=O)OC(C)c1ccccc1.Cl. The van der Waals surface area contributed by atoms with Crippen LogP contribution >= 0.6 is 12.4 Å². The largest absolute Gasteiger partial charge is 0.497 e. The molecule has 2 aromatic carbocycles. The van der Waals surface area contributed by atoms with E-state index in [4.69, 9.17) is 9.47 Å². The molecule has 2 aliphatic heterocycles. The third-order valence-electron chi connectivity index (χ3n) is 6.13. The number of nitrogens with zero attached hydrogens (tertiary/aromatic N) is 1. The zero-order valence-corrected chi connectivity index (χ0v) is 17.4. The Labute approximate surface area is 176 Å². The molecule has 0 radical (unpaired) electrons. The normalized spacial score (nSPS) is 23.2. The fraction of sp³-hybridized carbons (Fsp3) is 0.348. The van der Waals surface area contributed by atoms with Crippen molar-refractivity contribution in [3.63, 3.8) is 0 Å². The first-order chi connectivity index (χ1) is 13.7. The summed E-state index contributed by atoms with van der Waals surface area (Å²) in [5.74, 6) is 1.11. The molecule has 1 fully saturated rings. The Balaban J connectivity index is 0.00000205. The van der Waals surface area contributed by atoms with Gasteiger partial charge in [-0.3, -0.25) is 4.90 Å². The van der Waals surface area contributed by atoms with Crippen LogP contribution in [0.3, 0.4) is 0 Å². The van der Waals surface area contributed by atoms with Crippen LogP contribution < -0.4 is 4.74 Å². The van der Waals surface area contributed by atoms with E-state index in [2.05, 4.69) is 16.0 Å². The van der Waals surface area contributed by atoms with E-state index in [1.165, 1.54) is 5.56 Å². The van der Waals surface area contributed by atoms with Crippen LogP contribution in [0.2, 0.25) is 0 Å². The van der Waals surface area contributed by atoms with Crippen molar-refractivity contribution in [2.24, 2.45) is 0 Å². The third-order valence-corrected chi connectivity index (χ3v) is 6.13. The molecule has 0 aliphatic carbocycles. The molecule has 5 nitrogen and oxygen atoms in total. The lowest BCUT2D eigenvalue weighted by molar-refractivity contribution is -0.155. The second-order valence-electron chi connectivity index (χ2n) is 7.74. The number of methoxy groups -OCH3 is 1. The second-order valence-corrected chi connectivity index (χ2v) is 7.74. The minimum Gasteiger partial charge on any atom is -0.497 e. The van der Waals surface area contributed by atoms with E-state index in [1.807, 2.05) is 49.4 Å². The van der Waals surface area contributed by atoms with Gasteiger partial charge in [-0.1, -0.05) is 30.3 Å². The quantitative estimate of drug-likeness (QED) is 0.628. The lowest BCUT2D eigenvalue weighted by atomic mass is 9.90. The molecule has 1 aromatic heterocycles. The molecular weight excluding hydrogens is 388 g/mol. The van der Waals surface area contributed by atoms with E-state index < -0.39 is 0 Å². The maximum atomic E-state index is 13.2. The lowest BCUT2D eigenvalue weighted by Crippen LogP contribution is -2.37. The van der Waals surface area contributed by atoms with Crippen LogP contribution in [0.25, 0.3) is 10.9 Å². The molecule has 2 bridgehead atoms. The molecule has 1 saturated heterocycles. The van der Waals surface area contributed by atoms with Gasteiger partial charge in [0.15, 0.2) is 0 Å². The van der Waals surface area contributed by atoms with Crippen LogP contribution in [-0.4, -0.2) is 36.1 Å². The van der Waals surface area contributed by atoms with Crippen LogP contribution in [0, 0.1) is 0 Å². The van der Waals surface area contributed by atoms with E-state index in [-0.39, 0.29) is 30.5 Å². The molecule has 1 N–H and O–H groups in total. The van der Waals surface area contributed by atoms with Crippen molar-refractivity contribution in [1.82, 2.24) is 9.88 Å². The summed E-state index contributed by atoms with van der Waals surface area (Å²) in [5.41, 5.74) is 4.31. The van der Waals surface area contributed by atoms with Crippen molar-refractivity contribution >= 4 is 29.3 Å². The zero-order valence-electron chi connectivity index (χ0n) is 16.6. The number of fused-ring (bicyclic) bond motifs is 6. The van der Waals surface area contributed by atoms with E-state index in [9.17, 15) is 4.79 Å². The van der Waals surface area contributed by atoms with Crippen molar-refractivity contribution in [1.29, 1.82) is 0 Å². The number of H-pyrrole nitrogens is 1. The number of benzene rings is 2. The number of carbonyl (C=O) groups excluding carboxylic acids is 1. The summed E-state index contributed by atoms with van der Waals surface area (Å²) in [6.07, 6.45) is 0.789. The maximum Gasteiger partial charge on any atom is 0.330 e. The fourth-order valence-corrected chi connectivity index (χ4v) is 4.73. The first kappa shape index (κ1) is 19.8. The summed E-state index contributed by atoms with van der Waals surface area (Å²) in [6.45, 7) is 3.74. The molecular formula is C23H25ClN2O3. The molecule has 4 atom stereocenters. The minimum atomic E-state index is -0.377. The number of ether oxygens (including phenoxy) is 2. The first-order valence-electron chi connectivity index (χ1n) is 9.84. The predicted molar refractivity (Wildman–Crippen MR) is 115 cm³/mol. The Bertz CT molecular complexity index is 1030. The minimum absolute atomic E-state index is 0. The van der Waals surface area contributed by atoms with Crippen molar-refractivity contribution in [2.75, 3.05) is 20.2 Å². The highest BCUT2D eigenvalue weighted by Crippen LogP contribution is 2.46. The molecule has 0 spiro atoms. The predicted octanol–water partition coefficient (Wildman–Crippen LogP) is 4.75. The Morgan fingerprint density at radius 2 is 2.00 bits per heavy atom. The van der Waals surface area contributed by atoms with Crippen molar-refractivity contribution < 1.29 is 14.3 Å². The van der Waals surface area contributed by atoms with Crippen LogP contribution in [0.5, 0.6) is 5.75 Å². The van der Waals surface area contributed by atoms with Crippen LogP contribution in [0.4, 0.5) is 0 Å². The van der Waals surface area contributed by atoms with Gasteiger partial charge in [-0.25, -0.2) is 4.79 Å². The van der Waals surface area contributed by atoms with Gasteiger partial charge >= 0.3 is 5.97 Å². The number of hydrogen-bond donors (Lipinski definition) is 1. The molecule has 6 heteroatoms. The number of rotatable bonds is 4. The number of halogens is 1. The van der Waals surface area contributed by atoms with E-state index >= 15 is 0 Å². The number of nitrogens with one attached hydrogen (secondary N) is 1. The lowest BCUT2D eigenvalue weighted by Gasteiger charge is -2.31. The van der Waals surface area contributed by atoms with Gasteiger partial charge in [0.05, 0.1) is 7.11 Å². The smallest absolute Gasteiger partial charge is 0.330 e. The summed E-state index contributed by atoms with van der Waals surface area (Å²) >= 11 is 0. The molecule has 29 heavy (non-hydrogen) atoms. The second kappa shape index (κ2) is 7.73. The number of carbonyl (C=O) groups is 1. The number of aromatic nitrogens is 1. The Morgan fingerprint density at radius 1 is 1.21 bits per heavy atom. The maximum absolute atomic E-state index is 13.2. The Hall–Kier alpha value is -2.50. The number of esters is 1. The highest BCUT2D eigenvalue weighted by molar-refractivity contribution is 5.90. The highest BCUT2D eigenvalue weighted by atomic mass is 35.5. The Kier molecular flexibility index (Phi) is 5.28. The van der Waals surface area contributed by atoms with Gasteiger partial charge in [-0.2, -0.15) is 0 Å². The van der Waals surface area contributed by atoms with Crippen LogP contribution in [-0.2, 0) is 9.53 Å². The van der Waals surface area contributed by atoms with Crippen molar-refractivity contribution in [3.05, 3.63) is 65.4 Å². The highest BCUT2D eigenvalue weighted by Gasteiger charge is 2.44. The average Bonchev–Trinajstić information content (AvgIpc) is 3.30. The molecule has 0 saturated carbocycles. The summed E-state index contributed by atoms with van der Waals surface area (Å²) in [4.78, 5) is 19.0. The van der Waals surface area contributed by atoms with Crippen molar-refractivity contribution in [2.45, 2.75) is 31.4 Å². The van der Waals surface area contributed by atoms with Gasteiger partial charge in [-0.05, 0) is 49.2 Å². The molecule has 2 aliphatic rings. The van der Waals surface area contributed by atoms with E-state index in [0.29, 0.717) is 5.92 Å². The topological polar surface area (TPSA) is 54.6 Å². The van der Waals surface area contributed by atoms with Gasteiger partial charge in [0.1, 0.15) is 17.9 Å². The van der Waals surface area contributed by atoms with E-state index in [1.54, 1.807) is 7.11 Å². The first-order valence-corrected chi connectivity index (χ1v) is 9.84. The summed E-state index contributed by atoms with van der Waals surface area (Å²) in [5, 5.41) is 1.16. The molecule has 3 heterocycles. The average molecular weight is 413 g/mol. The molecule has 3 aromatic rings. The summed E-state index contributed by atoms with van der Waals surface area (Å²) in [6, 6.07) is 15.6. The number of aromatic amines is 1. The van der Waals surface area contributed by atoms with Gasteiger partial charge in [-0.15, -0.1) is 12.4 Å². The monoisotopic (exact) mass is 412 g/mol. The van der Waals surface area contributed by atoms with E-state index in [0.717, 1.165) is 47.4 Å². The molecule has 4 unspecified atom stereocenters. The van der Waals surface area contributed by atoms with Gasteiger partial charge in [0, 0.05) is 29.1 Å². The standard InChI is InChI=1S/C23H24N2O3.ClH/c1-14(15-6-4-3-5-7-15)28-23(26)22-21-20(16-10-11-25(22)13-16)18-12-17(27-2)8-9-19(18)24-21;/h3-9,12,14,16,22,24H,10-11,13H2,1-2H3;1H. The summed E-state index contributed by atoms with van der Waals surface area (Å²) in [7, 11) is 1.68. The molecule has 5 rings (SSSR count). The zero-order chi connectivity index (χ0) is 19.3. The Morgan fingerprint density at radius 3 is 2.76 bits per heavy atom.